The van der Waals surface area contributed by atoms with Crippen LogP contribution in [0.2, 0.25) is 10.0 Å². The largest absolute Gasteiger partial charge is 0.494 e. The van der Waals surface area contributed by atoms with Crippen molar-refractivity contribution in [2.45, 2.75) is 13.3 Å². The van der Waals surface area contributed by atoms with Gasteiger partial charge in [-0.2, -0.15) is 5.26 Å². The first kappa shape index (κ1) is 23.3. The summed E-state index contributed by atoms with van der Waals surface area (Å²) in [6.45, 7) is 2.19. The highest BCUT2D eigenvalue weighted by atomic mass is 35.5. The number of nitrogens with one attached hydrogen (secondary N) is 1. The number of hydrogen-bond acceptors (Lipinski definition) is 3. The van der Waals surface area contributed by atoms with Crippen LogP contribution in [-0.2, 0) is 11.2 Å². The molecular formula is C25H19Cl2FN2O2. The number of carbonyl (C=O) groups is 1. The summed E-state index contributed by atoms with van der Waals surface area (Å²) in [7, 11) is 0. The zero-order valence-corrected chi connectivity index (χ0v) is 18.7. The Morgan fingerprint density at radius 1 is 1.16 bits per heavy atom. The molecule has 3 rings (SSSR count). The molecule has 0 bridgehead atoms. The van der Waals surface area contributed by atoms with E-state index in [0.717, 1.165) is 0 Å². The third-order valence-corrected chi connectivity index (χ3v) is 5.13. The van der Waals surface area contributed by atoms with Crippen molar-refractivity contribution in [2.75, 3.05) is 11.9 Å². The molecule has 4 nitrogen and oxygen atoms in total. The maximum Gasteiger partial charge on any atom is 0.266 e. The molecular weight excluding hydrogens is 450 g/mol. The molecule has 7 heteroatoms. The first-order valence-electron chi connectivity index (χ1n) is 9.78. The molecule has 32 heavy (non-hydrogen) atoms. The van der Waals surface area contributed by atoms with E-state index in [4.69, 9.17) is 27.9 Å². The standard InChI is InChI=1S/C25H19Cl2FN2O2/c1-2-32-24-12-16(11-22(27)21(24)13-17-6-3-4-9-23(17)28)10-18(15-29)25(31)30-20-8-5-7-19(26)14-20/h3-12,14H,2,13H2,1H3,(H,30,31)/b18-10+. The number of hydrogen-bond donors (Lipinski definition) is 1. The molecule has 162 valence electrons. The molecule has 0 aromatic heterocycles. The van der Waals surface area contributed by atoms with Crippen molar-refractivity contribution in [3.8, 4) is 11.8 Å². The van der Waals surface area contributed by atoms with Crippen molar-refractivity contribution in [1.82, 2.24) is 0 Å². The van der Waals surface area contributed by atoms with Crippen LogP contribution in [0.1, 0.15) is 23.6 Å². The number of ether oxygens (including phenoxy) is 1. The van der Waals surface area contributed by atoms with E-state index in [1.165, 1.54) is 12.1 Å². The minimum atomic E-state index is -0.584. The summed E-state index contributed by atoms with van der Waals surface area (Å²) in [5, 5.41) is 12.9. The van der Waals surface area contributed by atoms with Gasteiger partial charge in [0.1, 0.15) is 23.2 Å². The zero-order valence-electron chi connectivity index (χ0n) is 17.2. The lowest BCUT2D eigenvalue weighted by Gasteiger charge is -2.14. The number of anilines is 1. The fourth-order valence-corrected chi connectivity index (χ4v) is 3.56. The van der Waals surface area contributed by atoms with Gasteiger partial charge in [-0.15, -0.1) is 0 Å². The Balaban J connectivity index is 1.92. The van der Waals surface area contributed by atoms with Crippen molar-refractivity contribution in [3.63, 3.8) is 0 Å². The Morgan fingerprint density at radius 3 is 2.62 bits per heavy atom. The van der Waals surface area contributed by atoms with Crippen molar-refractivity contribution >= 4 is 40.9 Å². The normalized spacial score (nSPS) is 11.0. The number of nitriles is 1. The van der Waals surface area contributed by atoms with Crippen molar-refractivity contribution in [3.05, 3.63) is 98.8 Å². The van der Waals surface area contributed by atoms with Gasteiger partial charge in [0.25, 0.3) is 5.91 Å². The highest BCUT2D eigenvalue weighted by molar-refractivity contribution is 6.32. The Kier molecular flexibility index (Phi) is 7.88. The smallest absolute Gasteiger partial charge is 0.266 e. The van der Waals surface area contributed by atoms with E-state index < -0.39 is 5.91 Å². The molecule has 0 saturated heterocycles. The van der Waals surface area contributed by atoms with E-state index in [-0.39, 0.29) is 17.8 Å². The molecule has 0 fully saturated rings. The van der Waals surface area contributed by atoms with Crippen LogP contribution in [0.3, 0.4) is 0 Å². The van der Waals surface area contributed by atoms with Gasteiger partial charge >= 0.3 is 0 Å². The molecule has 3 aromatic rings. The number of rotatable bonds is 7. The third-order valence-electron chi connectivity index (χ3n) is 4.56. The van der Waals surface area contributed by atoms with Crippen LogP contribution in [0.4, 0.5) is 10.1 Å². The Morgan fingerprint density at radius 2 is 1.94 bits per heavy atom. The summed E-state index contributed by atoms with van der Waals surface area (Å²) in [6, 6.07) is 18.3. The minimum Gasteiger partial charge on any atom is -0.494 e. The van der Waals surface area contributed by atoms with E-state index in [2.05, 4.69) is 5.32 Å². The van der Waals surface area contributed by atoms with E-state index in [9.17, 15) is 14.4 Å². The lowest BCUT2D eigenvalue weighted by Crippen LogP contribution is -2.13. The van der Waals surface area contributed by atoms with Crippen LogP contribution in [0.15, 0.2) is 66.2 Å². The fourth-order valence-electron chi connectivity index (χ4n) is 3.08. The average molecular weight is 469 g/mol. The summed E-state index contributed by atoms with van der Waals surface area (Å²) >= 11 is 12.4. The first-order valence-corrected chi connectivity index (χ1v) is 10.5. The van der Waals surface area contributed by atoms with Crippen LogP contribution in [0.25, 0.3) is 6.08 Å². The quantitative estimate of drug-likeness (QED) is 0.311. The molecule has 0 radical (unpaired) electrons. The third kappa shape index (κ3) is 5.88. The SMILES string of the molecule is CCOc1cc(/C=C(\C#N)C(=O)Nc2cccc(Cl)c2)cc(Cl)c1Cc1ccccc1F. The Hall–Kier alpha value is -3.33. The van der Waals surface area contributed by atoms with Crippen LogP contribution >= 0.6 is 23.2 Å². The summed E-state index contributed by atoms with van der Waals surface area (Å²) in [5.41, 5.74) is 1.96. The van der Waals surface area contributed by atoms with Gasteiger partial charge in [0, 0.05) is 27.7 Å². The maximum absolute atomic E-state index is 14.1. The van der Waals surface area contributed by atoms with Crippen LogP contribution < -0.4 is 10.1 Å². The second-order valence-corrected chi connectivity index (χ2v) is 7.66. The van der Waals surface area contributed by atoms with Crippen LogP contribution in [-0.4, -0.2) is 12.5 Å². The van der Waals surface area contributed by atoms with E-state index in [1.54, 1.807) is 54.6 Å². The summed E-state index contributed by atoms with van der Waals surface area (Å²) in [6.07, 6.45) is 1.66. The predicted octanol–water partition coefficient (Wildman–Crippen LogP) is 6.67. The number of amides is 1. The second kappa shape index (κ2) is 10.8. The molecule has 0 unspecified atom stereocenters. The van der Waals surface area contributed by atoms with Gasteiger partial charge in [-0.05, 0) is 60.5 Å². The molecule has 3 aromatic carbocycles. The highest BCUT2D eigenvalue weighted by Crippen LogP contribution is 2.32. The zero-order chi connectivity index (χ0) is 23.1. The molecule has 0 aliphatic rings. The van der Waals surface area contributed by atoms with Gasteiger partial charge in [-0.25, -0.2) is 4.39 Å². The van der Waals surface area contributed by atoms with Crippen molar-refractivity contribution in [2.24, 2.45) is 0 Å². The Labute approximate surface area is 195 Å². The molecule has 0 spiro atoms. The molecule has 1 N–H and O–H groups in total. The van der Waals surface area contributed by atoms with Gasteiger partial charge in [0.2, 0.25) is 0 Å². The summed E-state index contributed by atoms with van der Waals surface area (Å²) in [4.78, 5) is 12.5. The van der Waals surface area contributed by atoms with E-state index >= 15 is 0 Å². The van der Waals surface area contributed by atoms with E-state index in [1.807, 2.05) is 13.0 Å². The molecule has 0 saturated carbocycles. The molecule has 1 amide bonds. The lowest BCUT2D eigenvalue weighted by atomic mass is 10.0. The van der Waals surface area contributed by atoms with Crippen LogP contribution in [0, 0.1) is 17.1 Å². The van der Waals surface area contributed by atoms with Gasteiger partial charge in [-0.1, -0.05) is 47.5 Å². The molecule has 0 heterocycles. The van der Waals surface area contributed by atoms with Crippen molar-refractivity contribution in [1.29, 1.82) is 5.26 Å². The van der Waals surface area contributed by atoms with Crippen molar-refractivity contribution < 1.29 is 13.9 Å². The minimum absolute atomic E-state index is 0.120. The Bertz CT molecular complexity index is 1220. The number of nitrogens with zero attached hydrogens (tertiary/aromatic N) is 1. The summed E-state index contributed by atoms with van der Waals surface area (Å²) < 4.78 is 19.9. The predicted molar refractivity (Wildman–Crippen MR) is 125 cm³/mol. The van der Waals surface area contributed by atoms with Crippen LogP contribution in [0.5, 0.6) is 5.75 Å². The van der Waals surface area contributed by atoms with Gasteiger partial charge < -0.3 is 10.1 Å². The molecule has 0 atom stereocenters. The lowest BCUT2D eigenvalue weighted by molar-refractivity contribution is -0.112. The second-order valence-electron chi connectivity index (χ2n) is 6.81. The number of carbonyl (C=O) groups excluding carboxylic acids is 1. The molecule has 0 aliphatic heterocycles. The fraction of sp³-hybridized carbons (Fsp3) is 0.120. The topological polar surface area (TPSA) is 62.1 Å². The summed E-state index contributed by atoms with van der Waals surface area (Å²) in [5.74, 6) is -0.458. The maximum atomic E-state index is 14.1. The van der Waals surface area contributed by atoms with E-state index in [0.29, 0.717) is 44.8 Å². The number of benzene rings is 3. The number of halogens is 3. The van der Waals surface area contributed by atoms with Gasteiger partial charge in [-0.3, -0.25) is 4.79 Å². The highest BCUT2D eigenvalue weighted by Gasteiger charge is 2.15. The monoisotopic (exact) mass is 468 g/mol. The first-order chi connectivity index (χ1) is 15.4. The average Bonchev–Trinajstić information content (AvgIpc) is 2.75. The van der Waals surface area contributed by atoms with Gasteiger partial charge in [0.05, 0.1) is 6.61 Å². The van der Waals surface area contributed by atoms with Gasteiger partial charge in [0.15, 0.2) is 0 Å². The molecule has 0 aliphatic carbocycles.